The van der Waals surface area contributed by atoms with Crippen LogP contribution in [0.2, 0.25) is 0 Å². The first kappa shape index (κ1) is 13.5. The van der Waals surface area contributed by atoms with Crippen LogP contribution in [0.15, 0.2) is 24.3 Å². The molecule has 0 aliphatic carbocycles. The molecule has 0 saturated heterocycles. The second-order valence-electron chi connectivity index (χ2n) is 3.21. The summed E-state index contributed by atoms with van der Waals surface area (Å²) in [4.78, 5) is 23.1. The minimum Gasteiger partial charge on any atom is -0.497 e. The summed E-state index contributed by atoms with van der Waals surface area (Å²) in [5, 5.41) is -1.30. The third-order valence-electron chi connectivity index (χ3n) is 2.10. The fourth-order valence-corrected chi connectivity index (χ4v) is 1.41. The first-order valence-corrected chi connectivity index (χ1v) is 5.52. The molecular formula is C12H13ClO4. The molecule has 0 N–H and O–H groups in total. The van der Waals surface area contributed by atoms with Gasteiger partial charge in [-0.2, -0.15) is 0 Å². The largest absolute Gasteiger partial charge is 0.497 e. The number of alkyl halides is 1. The quantitative estimate of drug-likeness (QED) is 0.350. The molecule has 17 heavy (non-hydrogen) atoms. The highest BCUT2D eigenvalue weighted by atomic mass is 35.5. The van der Waals surface area contributed by atoms with Crippen LogP contribution in [0.25, 0.3) is 0 Å². The van der Waals surface area contributed by atoms with E-state index < -0.39 is 17.1 Å². The molecule has 0 saturated carbocycles. The smallest absolute Gasteiger partial charge is 0.332 e. The normalized spacial score (nSPS) is 11.7. The maximum atomic E-state index is 11.8. The molecule has 1 unspecified atom stereocenters. The molecule has 0 aromatic heterocycles. The van der Waals surface area contributed by atoms with Gasteiger partial charge < -0.3 is 9.47 Å². The van der Waals surface area contributed by atoms with E-state index in [1.807, 2.05) is 0 Å². The number of methoxy groups -OCH3 is 1. The van der Waals surface area contributed by atoms with E-state index in [2.05, 4.69) is 4.74 Å². The third-order valence-corrected chi connectivity index (χ3v) is 2.47. The number of carbonyl (C=O) groups excluding carboxylic acids is 2. The number of hydrogen-bond acceptors (Lipinski definition) is 4. The Hall–Kier alpha value is -1.55. The Bertz CT molecular complexity index is 399. The molecule has 92 valence electrons. The Labute approximate surface area is 104 Å². The monoisotopic (exact) mass is 256 g/mol. The van der Waals surface area contributed by atoms with Crippen molar-refractivity contribution < 1.29 is 19.1 Å². The number of esters is 1. The molecular weight excluding hydrogens is 244 g/mol. The zero-order valence-electron chi connectivity index (χ0n) is 9.60. The molecule has 4 nitrogen and oxygen atoms in total. The predicted molar refractivity (Wildman–Crippen MR) is 63.6 cm³/mol. The molecule has 0 spiro atoms. The first-order valence-electron chi connectivity index (χ1n) is 5.09. The first-order chi connectivity index (χ1) is 8.10. The van der Waals surface area contributed by atoms with E-state index in [1.165, 1.54) is 7.11 Å². The molecule has 5 heteroatoms. The van der Waals surface area contributed by atoms with Gasteiger partial charge in [-0.3, -0.25) is 4.79 Å². The Balaban J connectivity index is 2.77. The van der Waals surface area contributed by atoms with Crippen LogP contribution in [0.1, 0.15) is 17.3 Å². The summed E-state index contributed by atoms with van der Waals surface area (Å²) in [6.45, 7) is 1.84. The number of Topliss-reactive ketones (excluding diaryl/α,β-unsaturated/α-hetero) is 1. The number of ether oxygens (including phenoxy) is 2. The van der Waals surface area contributed by atoms with Crippen molar-refractivity contribution in [1.82, 2.24) is 0 Å². The van der Waals surface area contributed by atoms with E-state index in [0.717, 1.165) is 0 Å². The van der Waals surface area contributed by atoms with Crippen LogP contribution in [0.4, 0.5) is 0 Å². The average Bonchev–Trinajstić information content (AvgIpc) is 2.37. The molecule has 0 bridgehead atoms. The van der Waals surface area contributed by atoms with Crippen molar-refractivity contribution >= 4 is 23.4 Å². The van der Waals surface area contributed by atoms with Crippen molar-refractivity contribution in [3.63, 3.8) is 0 Å². The van der Waals surface area contributed by atoms with Crippen molar-refractivity contribution in [2.24, 2.45) is 0 Å². The minimum absolute atomic E-state index is 0.192. The SMILES string of the molecule is CCOC(=O)C(Cl)C(=O)c1ccc(OC)cc1. The van der Waals surface area contributed by atoms with Gasteiger partial charge in [-0.25, -0.2) is 4.79 Å². The Morgan fingerprint density at radius 3 is 2.35 bits per heavy atom. The lowest BCUT2D eigenvalue weighted by Gasteiger charge is -2.08. The van der Waals surface area contributed by atoms with Crippen LogP contribution < -0.4 is 4.74 Å². The fourth-order valence-electron chi connectivity index (χ4n) is 1.22. The van der Waals surface area contributed by atoms with Gasteiger partial charge >= 0.3 is 5.97 Å². The minimum atomic E-state index is -1.30. The Morgan fingerprint density at radius 2 is 1.88 bits per heavy atom. The summed E-state index contributed by atoms with van der Waals surface area (Å²) in [5.41, 5.74) is 0.346. The second kappa shape index (κ2) is 6.25. The standard InChI is InChI=1S/C12H13ClO4/c1-3-17-12(15)10(13)11(14)8-4-6-9(16-2)7-5-8/h4-7,10H,3H2,1-2H3. The molecule has 1 aromatic rings. The number of rotatable bonds is 5. The summed E-state index contributed by atoms with van der Waals surface area (Å²) < 4.78 is 9.63. The van der Waals surface area contributed by atoms with E-state index in [0.29, 0.717) is 11.3 Å². The van der Waals surface area contributed by atoms with Gasteiger partial charge in [0.15, 0.2) is 11.2 Å². The molecule has 0 heterocycles. The highest BCUT2D eigenvalue weighted by Gasteiger charge is 2.26. The summed E-state index contributed by atoms with van der Waals surface area (Å²) in [6, 6.07) is 6.36. The molecule has 0 radical (unpaired) electrons. The van der Waals surface area contributed by atoms with Crippen molar-refractivity contribution in [3.05, 3.63) is 29.8 Å². The number of benzene rings is 1. The maximum Gasteiger partial charge on any atom is 0.332 e. The summed E-state index contributed by atoms with van der Waals surface area (Å²) in [7, 11) is 1.53. The lowest BCUT2D eigenvalue weighted by Crippen LogP contribution is -2.26. The highest BCUT2D eigenvalue weighted by Crippen LogP contribution is 2.15. The van der Waals surface area contributed by atoms with E-state index in [9.17, 15) is 9.59 Å². The summed E-state index contributed by atoms with van der Waals surface area (Å²) in [6.07, 6.45) is 0. The van der Waals surface area contributed by atoms with Gasteiger partial charge in [0.1, 0.15) is 5.75 Å². The Kier molecular flexibility index (Phi) is 4.97. The third kappa shape index (κ3) is 3.46. The second-order valence-corrected chi connectivity index (χ2v) is 3.64. The lowest BCUT2D eigenvalue weighted by atomic mass is 10.1. The summed E-state index contributed by atoms with van der Waals surface area (Å²) >= 11 is 5.71. The zero-order valence-corrected chi connectivity index (χ0v) is 10.4. The van der Waals surface area contributed by atoms with Crippen LogP contribution >= 0.6 is 11.6 Å². The van der Waals surface area contributed by atoms with Gasteiger partial charge in [0.25, 0.3) is 0 Å². The zero-order chi connectivity index (χ0) is 12.8. The molecule has 0 fully saturated rings. The highest BCUT2D eigenvalue weighted by molar-refractivity contribution is 6.43. The predicted octanol–water partition coefficient (Wildman–Crippen LogP) is 2.05. The van der Waals surface area contributed by atoms with Gasteiger partial charge in [0, 0.05) is 5.56 Å². The number of hydrogen-bond donors (Lipinski definition) is 0. The topological polar surface area (TPSA) is 52.6 Å². The molecule has 1 rings (SSSR count). The van der Waals surface area contributed by atoms with Gasteiger partial charge in [-0.05, 0) is 31.2 Å². The van der Waals surface area contributed by atoms with Crippen LogP contribution in [-0.4, -0.2) is 30.8 Å². The average molecular weight is 257 g/mol. The maximum absolute atomic E-state index is 11.8. The molecule has 1 aromatic carbocycles. The molecule has 0 aliphatic heterocycles. The lowest BCUT2D eigenvalue weighted by molar-refractivity contribution is -0.141. The van der Waals surface area contributed by atoms with E-state index in [1.54, 1.807) is 31.2 Å². The fraction of sp³-hybridized carbons (Fsp3) is 0.333. The van der Waals surface area contributed by atoms with Gasteiger partial charge in [-0.1, -0.05) is 0 Å². The van der Waals surface area contributed by atoms with Gasteiger partial charge in [0.05, 0.1) is 13.7 Å². The summed E-state index contributed by atoms with van der Waals surface area (Å²) in [5.74, 6) is -0.577. The van der Waals surface area contributed by atoms with Crippen LogP contribution in [-0.2, 0) is 9.53 Å². The van der Waals surface area contributed by atoms with E-state index in [-0.39, 0.29) is 6.61 Å². The van der Waals surface area contributed by atoms with Gasteiger partial charge in [0.2, 0.25) is 0 Å². The number of carbonyl (C=O) groups is 2. The number of halogens is 1. The molecule has 0 amide bonds. The van der Waals surface area contributed by atoms with Crippen LogP contribution in [0.3, 0.4) is 0 Å². The van der Waals surface area contributed by atoms with Crippen molar-refractivity contribution in [3.8, 4) is 5.75 Å². The van der Waals surface area contributed by atoms with Crippen molar-refractivity contribution in [2.45, 2.75) is 12.3 Å². The molecule has 1 atom stereocenters. The molecule has 0 aliphatic rings. The van der Waals surface area contributed by atoms with Gasteiger partial charge in [-0.15, -0.1) is 11.6 Å². The number of ketones is 1. The van der Waals surface area contributed by atoms with Crippen LogP contribution in [0, 0.1) is 0 Å². The van der Waals surface area contributed by atoms with E-state index >= 15 is 0 Å². The van der Waals surface area contributed by atoms with E-state index in [4.69, 9.17) is 16.3 Å². The Morgan fingerprint density at radius 1 is 1.29 bits per heavy atom. The van der Waals surface area contributed by atoms with Crippen LogP contribution in [0.5, 0.6) is 5.75 Å². The van der Waals surface area contributed by atoms with Crippen molar-refractivity contribution in [1.29, 1.82) is 0 Å². The van der Waals surface area contributed by atoms with Crippen molar-refractivity contribution in [2.75, 3.05) is 13.7 Å².